The molecule has 0 spiro atoms. The highest BCUT2D eigenvalue weighted by Crippen LogP contribution is 2.37. The minimum Gasteiger partial charge on any atom is -0.497 e. The third-order valence-corrected chi connectivity index (χ3v) is 3.74. The Morgan fingerprint density at radius 2 is 2.14 bits per heavy atom. The summed E-state index contributed by atoms with van der Waals surface area (Å²) in [4.78, 5) is 12.6. The third kappa shape index (κ3) is 2.55. The third-order valence-electron chi connectivity index (χ3n) is 3.74. The van der Waals surface area contributed by atoms with E-state index in [1.807, 2.05) is 34.9 Å². The van der Waals surface area contributed by atoms with Crippen LogP contribution in [0.5, 0.6) is 5.75 Å². The fourth-order valence-corrected chi connectivity index (χ4v) is 2.53. The molecule has 4 heteroatoms. The first-order valence-electron chi connectivity index (χ1n) is 7.00. The van der Waals surface area contributed by atoms with Crippen LogP contribution in [0.1, 0.15) is 24.4 Å². The zero-order valence-electron chi connectivity index (χ0n) is 11.9. The molecule has 4 nitrogen and oxygen atoms in total. The molecule has 1 aromatic carbocycles. The molecule has 1 heterocycles. The van der Waals surface area contributed by atoms with E-state index in [2.05, 4.69) is 6.07 Å². The van der Waals surface area contributed by atoms with E-state index in [0.717, 1.165) is 29.8 Å². The standard InChI is InChI=1S/C17H16N2O2/c1-21-15-4-2-3-13(11-15)16-8-5-12(9-10-18)17(20)19(16)14-6-7-14/h2-5,8,11,14H,6-7,9H2,1H3. The van der Waals surface area contributed by atoms with Crippen molar-refractivity contribution in [3.05, 3.63) is 52.3 Å². The Kier molecular flexibility index (Phi) is 3.49. The predicted octanol–water partition coefficient (Wildman–Crippen LogP) is 2.92. The number of methoxy groups -OCH3 is 1. The molecule has 2 aromatic rings. The van der Waals surface area contributed by atoms with Crippen molar-refractivity contribution in [1.82, 2.24) is 4.57 Å². The predicted molar refractivity (Wildman–Crippen MR) is 80.3 cm³/mol. The summed E-state index contributed by atoms with van der Waals surface area (Å²) in [5.74, 6) is 0.767. The topological polar surface area (TPSA) is 55.0 Å². The Bertz CT molecular complexity index is 767. The van der Waals surface area contributed by atoms with Crippen molar-refractivity contribution in [3.8, 4) is 23.1 Å². The molecule has 0 saturated heterocycles. The lowest BCUT2D eigenvalue weighted by atomic mass is 10.1. The molecule has 1 aliphatic rings. The van der Waals surface area contributed by atoms with Crippen LogP contribution in [-0.4, -0.2) is 11.7 Å². The van der Waals surface area contributed by atoms with Crippen LogP contribution in [0, 0.1) is 11.3 Å². The summed E-state index contributed by atoms with van der Waals surface area (Å²) < 4.78 is 7.09. The van der Waals surface area contributed by atoms with Gasteiger partial charge in [-0.15, -0.1) is 0 Å². The van der Waals surface area contributed by atoms with Gasteiger partial charge in [0.15, 0.2) is 0 Å². The maximum atomic E-state index is 12.6. The van der Waals surface area contributed by atoms with Crippen molar-refractivity contribution in [2.24, 2.45) is 0 Å². The van der Waals surface area contributed by atoms with Gasteiger partial charge in [-0.25, -0.2) is 0 Å². The lowest BCUT2D eigenvalue weighted by molar-refractivity contribution is 0.415. The normalized spacial score (nSPS) is 13.7. The van der Waals surface area contributed by atoms with E-state index in [4.69, 9.17) is 10.00 Å². The zero-order valence-corrected chi connectivity index (χ0v) is 11.9. The summed E-state index contributed by atoms with van der Waals surface area (Å²) >= 11 is 0. The summed E-state index contributed by atoms with van der Waals surface area (Å²) in [7, 11) is 1.63. The molecule has 0 atom stereocenters. The van der Waals surface area contributed by atoms with Crippen molar-refractivity contribution in [2.75, 3.05) is 7.11 Å². The van der Waals surface area contributed by atoms with Gasteiger partial charge in [-0.3, -0.25) is 4.79 Å². The SMILES string of the molecule is COc1cccc(-c2ccc(CC#N)c(=O)n2C2CC2)c1. The van der Waals surface area contributed by atoms with Crippen LogP contribution >= 0.6 is 0 Å². The van der Waals surface area contributed by atoms with E-state index in [1.54, 1.807) is 13.2 Å². The summed E-state index contributed by atoms with van der Waals surface area (Å²) in [6, 6.07) is 13.7. The molecule has 1 saturated carbocycles. The monoisotopic (exact) mass is 280 g/mol. The first-order chi connectivity index (χ1) is 10.2. The van der Waals surface area contributed by atoms with Gasteiger partial charge in [0.1, 0.15) is 5.75 Å². The van der Waals surface area contributed by atoms with Crippen LogP contribution in [0.2, 0.25) is 0 Å². The van der Waals surface area contributed by atoms with Crippen LogP contribution in [0.25, 0.3) is 11.3 Å². The second kappa shape index (κ2) is 5.45. The average molecular weight is 280 g/mol. The van der Waals surface area contributed by atoms with Gasteiger partial charge in [0, 0.05) is 17.2 Å². The summed E-state index contributed by atoms with van der Waals surface area (Å²) in [5.41, 5.74) is 2.38. The van der Waals surface area contributed by atoms with Crippen LogP contribution < -0.4 is 10.3 Å². The van der Waals surface area contributed by atoms with Crippen LogP contribution in [0.15, 0.2) is 41.2 Å². The van der Waals surface area contributed by atoms with E-state index in [1.165, 1.54) is 0 Å². The Morgan fingerprint density at radius 1 is 1.33 bits per heavy atom. The van der Waals surface area contributed by atoms with Gasteiger partial charge in [-0.05, 0) is 31.0 Å². The highest BCUT2D eigenvalue weighted by molar-refractivity contribution is 5.62. The van der Waals surface area contributed by atoms with Gasteiger partial charge < -0.3 is 9.30 Å². The Hall–Kier alpha value is -2.54. The molecule has 0 aliphatic heterocycles. The van der Waals surface area contributed by atoms with Crippen molar-refractivity contribution in [2.45, 2.75) is 25.3 Å². The average Bonchev–Trinajstić information content (AvgIpc) is 3.34. The van der Waals surface area contributed by atoms with Crippen molar-refractivity contribution < 1.29 is 4.74 Å². The molecule has 0 unspecified atom stereocenters. The smallest absolute Gasteiger partial charge is 0.255 e. The summed E-state index contributed by atoms with van der Waals surface area (Å²) in [6.45, 7) is 0. The molecule has 21 heavy (non-hydrogen) atoms. The first-order valence-corrected chi connectivity index (χ1v) is 7.00. The fourth-order valence-electron chi connectivity index (χ4n) is 2.53. The van der Waals surface area contributed by atoms with Crippen molar-refractivity contribution in [3.63, 3.8) is 0 Å². The van der Waals surface area contributed by atoms with Crippen LogP contribution in [0.4, 0.5) is 0 Å². The van der Waals surface area contributed by atoms with Gasteiger partial charge >= 0.3 is 0 Å². The van der Waals surface area contributed by atoms with Gasteiger partial charge in [0.25, 0.3) is 5.56 Å². The van der Waals surface area contributed by atoms with E-state index in [0.29, 0.717) is 5.56 Å². The van der Waals surface area contributed by atoms with Crippen molar-refractivity contribution >= 4 is 0 Å². The lowest BCUT2D eigenvalue weighted by Gasteiger charge is -2.14. The molecule has 0 bridgehead atoms. The van der Waals surface area contributed by atoms with E-state index >= 15 is 0 Å². The zero-order chi connectivity index (χ0) is 14.8. The number of ether oxygens (including phenoxy) is 1. The Labute approximate surface area is 123 Å². The highest BCUT2D eigenvalue weighted by atomic mass is 16.5. The summed E-state index contributed by atoms with van der Waals surface area (Å²) in [5, 5.41) is 8.83. The Balaban J connectivity index is 2.16. The Morgan fingerprint density at radius 3 is 2.81 bits per heavy atom. The molecule has 0 radical (unpaired) electrons. The number of aromatic nitrogens is 1. The minimum atomic E-state index is -0.0423. The number of hydrogen-bond donors (Lipinski definition) is 0. The fraction of sp³-hybridized carbons (Fsp3) is 0.294. The van der Waals surface area contributed by atoms with Gasteiger partial charge in [0.05, 0.1) is 25.3 Å². The van der Waals surface area contributed by atoms with Crippen LogP contribution in [-0.2, 0) is 6.42 Å². The molecule has 1 aromatic heterocycles. The quantitative estimate of drug-likeness (QED) is 0.865. The minimum absolute atomic E-state index is 0.0423. The second-order valence-electron chi connectivity index (χ2n) is 5.22. The number of hydrogen-bond acceptors (Lipinski definition) is 3. The highest BCUT2D eigenvalue weighted by Gasteiger charge is 2.27. The number of pyridine rings is 1. The molecule has 0 N–H and O–H groups in total. The lowest BCUT2D eigenvalue weighted by Crippen LogP contribution is -2.24. The molecular weight excluding hydrogens is 264 g/mol. The summed E-state index contributed by atoms with van der Waals surface area (Å²) in [6.07, 6.45) is 2.20. The molecule has 106 valence electrons. The molecule has 3 rings (SSSR count). The van der Waals surface area contributed by atoms with Gasteiger partial charge in [-0.1, -0.05) is 18.2 Å². The van der Waals surface area contributed by atoms with Crippen molar-refractivity contribution in [1.29, 1.82) is 5.26 Å². The number of nitriles is 1. The second-order valence-corrected chi connectivity index (χ2v) is 5.22. The number of benzene rings is 1. The molecule has 0 amide bonds. The molecule has 1 aliphatic carbocycles. The molecule has 1 fully saturated rings. The maximum Gasteiger partial charge on any atom is 0.255 e. The van der Waals surface area contributed by atoms with Crippen LogP contribution in [0.3, 0.4) is 0 Å². The maximum absolute atomic E-state index is 12.6. The molecular formula is C17H16N2O2. The van der Waals surface area contributed by atoms with E-state index in [9.17, 15) is 4.79 Å². The number of rotatable bonds is 4. The largest absolute Gasteiger partial charge is 0.497 e. The van der Waals surface area contributed by atoms with E-state index < -0.39 is 0 Å². The van der Waals surface area contributed by atoms with Gasteiger partial charge in [-0.2, -0.15) is 5.26 Å². The first kappa shape index (κ1) is 13.4. The number of nitrogens with zero attached hydrogens (tertiary/aromatic N) is 2. The van der Waals surface area contributed by atoms with Gasteiger partial charge in [0.2, 0.25) is 0 Å². The van der Waals surface area contributed by atoms with E-state index in [-0.39, 0.29) is 18.0 Å².